The van der Waals surface area contributed by atoms with Gasteiger partial charge in [-0.1, -0.05) is 58.4 Å². The lowest BCUT2D eigenvalue weighted by molar-refractivity contribution is -0.840. The van der Waals surface area contributed by atoms with Crippen molar-refractivity contribution in [1.82, 2.24) is 0 Å². The van der Waals surface area contributed by atoms with E-state index in [9.17, 15) is 5.21 Å². The highest BCUT2D eigenvalue weighted by Crippen LogP contribution is 2.27. The molecule has 21 heavy (non-hydrogen) atoms. The molecule has 0 aliphatic rings. The van der Waals surface area contributed by atoms with Gasteiger partial charge in [0.25, 0.3) is 0 Å². The van der Waals surface area contributed by atoms with E-state index in [0.717, 1.165) is 15.6 Å². The molecule has 0 amide bonds. The van der Waals surface area contributed by atoms with Gasteiger partial charge in [0.2, 0.25) is 0 Å². The second-order valence-corrected chi connectivity index (χ2v) is 6.43. The summed E-state index contributed by atoms with van der Waals surface area (Å²) < 4.78 is 6.69. The minimum Gasteiger partial charge on any atom is -0.633 e. The average molecular weight is 350 g/mol. The van der Waals surface area contributed by atoms with Crippen LogP contribution in [-0.2, 0) is 4.74 Å². The van der Waals surface area contributed by atoms with Crippen LogP contribution >= 0.6 is 15.9 Å². The number of halogens is 1. The second-order valence-electron chi connectivity index (χ2n) is 5.51. The van der Waals surface area contributed by atoms with Crippen LogP contribution in [0.4, 0.5) is 0 Å². The zero-order valence-electron chi connectivity index (χ0n) is 12.3. The maximum Gasteiger partial charge on any atom is 0.108 e. The Morgan fingerprint density at radius 3 is 2.14 bits per heavy atom. The van der Waals surface area contributed by atoms with Crippen molar-refractivity contribution in [3.63, 3.8) is 0 Å². The topological polar surface area (TPSA) is 32.3 Å². The summed E-state index contributed by atoms with van der Waals surface area (Å²) in [5, 5.41) is 11.7. The summed E-state index contributed by atoms with van der Waals surface area (Å²) in [5.74, 6) is 0. The summed E-state index contributed by atoms with van der Waals surface area (Å²) >= 11 is 3.44. The summed E-state index contributed by atoms with van der Waals surface area (Å²) in [6, 6.07) is 18.2. The Kier molecular flexibility index (Phi) is 5.53. The Morgan fingerprint density at radius 1 is 1.00 bits per heavy atom. The second kappa shape index (κ2) is 7.18. The monoisotopic (exact) mass is 349 g/mol. The van der Waals surface area contributed by atoms with Crippen LogP contribution in [0.5, 0.6) is 0 Å². The number of nitrogens with zero attached hydrogens (tertiary/aromatic N) is 1. The van der Waals surface area contributed by atoms with Gasteiger partial charge in [-0.3, -0.25) is 0 Å². The molecule has 3 nitrogen and oxygen atoms in total. The lowest BCUT2D eigenvalue weighted by atomic mass is 10.0. The van der Waals surface area contributed by atoms with Crippen molar-refractivity contribution in [1.29, 1.82) is 0 Å². The molecular formula is C17H20BrNO2. The van der Waals surface area contributed by atoms with E-state index in [1.807, 2.05) is 54.6 Å². The Bertz CT molecular complexity index is 549. The maximum absolute atomic E-state index is 11.7. The van der Waals surface area contributed by atoms with Gasteiger partial charge in [-0.15, -0.1) is 0 Å². The lowest BCUT2D eigenvalue weighted by Gasteiger charge is -2.34. The number of rotatable bonds is 6. The van der Waals surface area contributed by atoms with Crippen molar-refractivity contribution in [3.05, 3.63) is 75.4 Å². The molecule has 0 radical (unpaired) electrons. The van der Waals surface area contributed by atoms with E-state index in [1.165, 1.54) is 0 Å². The lowest BCUT2D eigenvalue weighted by Crippen LogP contribution is -2.35. The molecule has 0 saturated heterocycles. The highest BCUT2D eigenvalue weighted by Gasteiger charge is 2.15. The third-order valence-electron chi connectivity index (χ3n) is 3.19. The molecule has 0 N–H and O–H groups in total. The normalized spacial score (nSPS) is 13.1. The smallest absolute Gasteiger partial charge is 0.108 e. The van der Waals surface area contributed by atoms with Crippen molar-refractivity contribution >= 4 is 15.9 Å². The number of hydroxylamine groups is 3. The predicted molar refractivity (Wildman–Crippen MR) is 88.7 cm³/mol. The Hall–Kier alpha value is -1.20. The van der Waals surface area contributed by atoms with Gasteiger partial charge in [-0.25, -0.2) is 0 Å². The van der Waals surface area contributed by atoms with E-state index in [0.29, 0.717) is 13.2 Å². The molecule has 0 unspecified atom stereocenters. The molecule has 0 heterocycles. The minimum absolute atomic E-state index is 0.147. The fourth-order valence-electron chi connectivity index (χ4n) is 2.04. The molecule has 2 aromatic rings. The molecule has 0 spiro atoms. The van der Waals surface area contributed by atoms with E-state index in [2.05, 4.69) is 15.9 Å². The molecule has 2 rings (SSSR count). The van der Waals surface area contributed by atoms with E-state index in [4.69, 9.17) is 4.74 Å². The number of likely N-dealkylation sites (N-methyl/N-ethyl adjacent to an activating group) is 1. The van der Waals surface area contributed by atoms with Crippen molar-refractivity contribution in [2.45, 2.75) is 6.10 Å². The van der Waals surface area contributed by atoms with Crippen molar-refractivity contribution in [2.24, 2.45) is 0 Å². The number of quaternary nitrogens is 1. The highest BCUT2D eigenvalue weighted by molar-refractivity contribution is 9.10. The van der Waals surface area contributed by atoms with Crippen LogP contribution in [0.25, 0.3) is 0 Å². The van der Waals surface area contributed by atoms with Crippen LogP contribution < -0.4 is 0 Å². The number of ether oxygens (including phenoxy) is 1. The van der Waals surface area contributed by atoms with Crippen LogP contribution in [0.2, 0.25) is 0 Å². The van der Waals surface area contributed by atoms with Crippen LogP contribution in [0.3, 0.4) is 0 Å². The molecule has 2 aromatic carbocycles. The Morgan fingerprint density at radius 2 is 1.57 bits per heavy atom. The predicted octanol–water partition coefficient (Wildman–Crippen LogP) is 4.13. The molecule has 0 fully saturated rings. The van der Waals surface area contributed by atoms with Crippen molar-refractivity contribution < 1.29 is 9.38 Å². The van der Waals surface area contributed by atoms with Gasteiger partial charge in [-0.05, 0) is 23.3 Å². The third-order valence-corrected chi connectivity index (χ3v) is 3.72. The van der Waals surface area contributed by atoms with E-state index >= 15 is 0 Å². The SMILES string of the molecule is C[N+](C)([O-])CCO[C@@H](c1ccccc1)c1ccc(Br)cc1. The summed E-state index contributed by atoms with van der Waals surface area (Å²) in [4.78, 5) is 0. The van der Waals surface area contributed by atoms with E-state index in [1.54, 1.807) is 14.1 Å². The summed E-state index contributed by atoms with van der Waals surface area (Å²) in [6.45, 7) is 0.853. The first kappa shape index (κ1) is 16.2. The fraction of sp³-hybridized carbons (Fsp3) is 0.294. The standard InChI is InChI=1S/C17H20BrNO2/c1-19(2,20)12-13-21-17(14-6-4-3-5-7-14)15-8-10-16(18)11-9-15/h3-11,17H,12-13H2,1-2H3/t17-/m0/s1. The molecule has 0 aliphatic heterocycles. The largest absolute Gasteiger partial charge is 0.633 e. The number of hydrogen-bond donors (Lipinski definition) is 0. The van der Waals surface area contributed by atoms with Gasteiger partial charge in [0.15, 0.2) is 0 Å². The number of benzene rings is 2. The minimum atomic E-state index is -0.345. The molecule has 0 bridgehead atoms. The van der Waals surface area contributed by atoms with Crippen LogP contribution in [0.15, 0.2) is 59.1 Å². The van der Waals surface area contributed by atoms with Crippen LogP contribution in [-0.4, -0.2) is 31.9 Å². The fourth-order valence-corrected chi connectivity index (χ4v) is 2.31. The zero-order valence-corrected chi connectivity index (χ0v) is 13.9. The zero-order chi connectivity index (χ0) is 15.3. The summed E-state index contributed by atoms with van der Waals surface area (Å²) in [6.07, 6.45) is -0.147. The molecule has 4 heteroatoms. The average Bonchev–Trinajstić information content (AvgIpc) is 2.45. The molecule has 0 saturated carbocycles. The van der Waals surface area contributed by atoms with Gasteiger partial charge in [-0.2, -0.15) is 0 Å². The van der Waals surface area contributed by atoms with Gasteiger partial charge >= 0.3 is 0 Å². The van der Waals surface area contributed by atoms with Gasteiger partial charge < -0.3 is 14.6 Å². The van der Waals surface area contributed by atoms with Crippen molar-refractivity contribution in [2.75, 3.05) is 27.2 Å². The molecule has 112 valence electrons. The molecule has 1 atom stereocenters. The Balaban J connectivity index is 2.17. The number of hydrogen-bond acceptors (Lipinski definition) is 2. The molecular weight excluding hydrogens is 330 g/mol. The highest BCUT2D eigenvalue weighted by atomic mass is 79.9. The van der Waals surface area contributed by atoms with Crippen LogP contribution in [0, 0.1) is 5.21 Å². The van der Waals surface area contributed by atoms with Crippen molar-refractivity contribution in [3.8, 4) is 0 Å². The Labute approximate surface area is 134 Å². The van der Waals surface area contributed by atoms with Gasteiger partial charge in [0.05, 0.1) is 20.7 Å². The van der Waals surface area contributed by atoms with E-state index < -0.39 is 0 Å². The maximum atomic E-state index is 11.7. The first-order valence-electron chi connectivity index (χ1n) is 6.92. The summed E-state index contributed by atoms with van der Waals surface area (Å²) in [7, 11) is 3.25. The van der Waals surface area contributed by atoms with Gasteiger partial charge in [0, 0.05) is 4.47 Å². The first-order chi connectivity index (χ1) is 9.96. The molecule has 0 aromatic heterocycles. The summed E-state index contributed by atoms with van der Waals surface area (Å²) in [5.41, 5.74) is 2.18. The molecule has 0 aliphatic carbocycles. The quantitative estimate of drug-likeness (QED) is 0.580. The first-order valence-corrected chi connectivity index (χ1v) is 7.71. The van der Waals surface area contributed by atoms with Gasteiger partial charge in [0.1, 0.15) is 12.6 Å². The van der Waals surface area contributed by atoms with E-state index in [-0.39, 0.29) is 10.8 Å². The van der Waals surface area contributed by atoms with Crippen LogP contribution in [0.1, 0.15) is 17.2 Å². The third kappa shape index (κ3) is 5.25.